The number of benzene rings is 1. The predicted molar refractivity (Wildman–Crippen MR) is 66.2 cm³/mol. The number of fused-ring (bicyclic) bond motifs is 1. The van der Waals surface area contributed by atoms with Gasteiger partial charge < -0.3 is 24.7 Å². The smallest absolute Gasteiger partial charge is 0.340 e. The van der Waals surface area contributed by atoms with Gasteiger partial charge in [0.2, 0.25) is 6.79 Å². The molecule has 0 bridgehead atoms. The Bertz CT molecular complexity index is 496. The largest absolute Gasteiger partial charge is 0.459 e. The molecular formula is C13H15NO5. The summed E-state index contributed by atoms with van der Waals surface area (Å²) >= 11 is 0. The van der Waals surface area contributed by atoms with E-state index in [-0.39, 0.29) is 12.9 Å². The van der Waals surface area contributed by atoms with E-state index in [9.17, 15) is 4.79 Å². The minimum Gasteiger partial charge on any atom is -0.459 e. The zero-order valence-corrected chi connectivity index (χ0v) is 10.4. The molecular weight excluding hydrogens is 250 g/mol. The average Bonchev–Trinajstić information content (AvgIpc) is 2.86. The predicted octanol–water partition coefficient (Wildman–Crippen LogP) is 1.33. The number of carbonyl (C=O) groups is 1. The molecule has 1 fully saturated rings. The molecule has 0 radical (unpaired) electrons. The molecule has 1 saturated heterocycles. The summed E-state index contributed by atoms with van der Waals surface area (Å²) in [5.74, 6) is 0.649. The summed E-state index contributed by atoms with van der Waals surface area (Å²) in [6, 6.07) is 3.15. The lowest BCUT2D eigenvalue weighted by Gasteiger charge is -2.22. The van der Waals surface area contributed by atoms with Gasteiger partial charge in [0.05, 0.1) is 24.5 Å². The molecule has 6 heteroatoms. The minimum atomic E-state index is -0.428. The van der Waals surface area contributed by atoms with Crippen LogP contribution in [0.3, 0.4) is 0 Å². The molecule has 1 aromatic rings. The number of hydrogen-bond acceptors (Lipinski definition) is 6. The van der Waals surface area contributed by atoms with Gasteiger partial charge in [0.1, 0.15) is 6.10 Å². The molecule has 0 amide bonds. The SMILES string of the molecule is Nc1cc2c(cc1C(=O)OC1CCOCC1)OCO2. The van der Waals surface area contributed by atoms with E-state index in [4.69, 9.17) is 24.7 Å². The number of nitrogen functional groups attached to an aromatic ring is 1. The molecule has 0 unspecified atom stereocenters. The van der Waals surface area contributed by atoms with Crippen LogP contribution in [0.25, 0.3) is 0 Å². The number of nitrogens with two attached hydrogens (primary N) is 1. The van der Waals surface area contributed by atoms with E-state index in [0.717, 1.165) is 12.8 Å². The first-order valence-corrected chi connectivity index (χ1v) is 6.22. The van der Waals surface area contributed by atoms with E-state index in [2.05, 4.69) is 0 Å². The molecule has 6 nitrogen and oxygen atoms in total. The van der Waals surface area contributed by atoms with Crippen LogP contribution in [0.1, 0.15) is 23.2 Å². The second kappa shape index (κ2) is 4.97. The third kappa shape index (κ3) is 2.44. The lowest BCUT2D eigenvalue weighted by Crippen LogP contribution is -2.26. The van der Waals surface area contributed by atoms with Crippen molar-refractivity contribution in [1.29, 1.82) is 0 Å². The zero-order valence-electron chi connectivity index (χ0n) is 10.4. The summed E-state index contributed by atoms with van der Waals surface area (Å²) in [7, 11) is 0. The molecule has 2 aliphatic rings. The molecule has 0 aliphatic carbocycles. The van der Waals surface area contributed by atoms with Gasteiger partial charge in [-0.25, -0.2) is 4.79 Å². The number of anilines is 1. The van der Waals surface area contributed by atoms with Crippen molar-refractivity contribution in [2.75, 3.05) is 25.7 Å². The van der Waals surface area contributed by atoms with Crippen molar-refractivity contribution in [2.24, 2.45) is 0 Å². The molecule has 102 valence electrons. The topological polar surface area (TPSA) is 80.0 Å². The Morgan fingerprint density at radius 3 is 2.63 bits per heavy atom. The van der Waals surface area contributed by atoms with E-state index in [1.165, 1.54) is 0 Å². The molecule has 0 spiro atoms. The first kappa shape index (κ1) is 12.1. The van der Waals surface area contributed by atoms with Crippen LogP contribution in [0.15, 0.2) is 12.1 Å². The van der Waals surface area contributed by atoms with E-state index in [1.807, 2.05) is 0 Å². The minimum absolute atomic E-state index is 0.105. The summed E-state index contributed by atoms with van der Waals surface area (Å²) in [6.45, 7) is 1.39. The highest BCUT2D eigenvalue weighted by Crippen LogP contribution is 2.36. The summed E-state index contributed by atoms with van der Waals surface area (Å²) in [6.07, 6.45) is 1.33. The highest BCUT2D eigenvalue weighted by molar-refractivity contribution is 5.96. The van der Waals surface area contributed by atoms with Crippen LogP contribution in [0.4, 0.5) is 5.69 Å². The number of ether oxygens (including phenoxy) is 4. The van der Waals surface area contributed by atoms with E-state index in [1.54, 1.807) is 12.1 Å². The Balaban J connectivity index is 1.75. The van der Waals surface area contributed by atoms with Crippen molar-refractivity contribution in [1.82, 2.24) is 0 Å². The van der Waals surface area contributed by atoms with Gasteiger partial charge in [0, 0.05) is 25.0 Å². The Kier molecular flexibility index (Phi) is 3.16. The van der Waals surface area contributed by atoms with Gasteiger partial charge in [0.25, 0.3) is 0 Å². The second-order valence-electron chi connectivity index (χ2n) is 4.51. The Morgan fingerprint density at radius 2 is 1.89 bits per heavy atom. The van der Waals surface area contributed by atoms with Crippen molar-refractivity contribution in [3.63, 3.8) is 0 Å². The molecule has 2 N–H and O–H groups in total. The Morgan fingerprint density at radius 1 is 1.21 bits per heavy atom. The monoisotopic (exact) mass is 265 g/mol. The van der Waals surface area contributed by atoms with Gasteiger partial charge in [-0.1, -0.05) is 0 Å². The van der Waals surface area contributed by atoms with Gasteiger partial charge in [-0.15, -0.1) is 0 Å². The standard InChI is InChI=1S/C13H15NO5/c14-10-6-12-11(17-7-18-12)5-9(10)13(15)19-8-1-3-16-4-2-8/h5-6,8H,1-4,7,14H2. The number of esters is 1. The lowest BCUT2D eigenvalue weighted by atomic mass is 10.1. The highest BCUT2D eigenvalue weighted by atomic mass is 16.7. The molecule has 2 aliphatic heterocycles. The quantitative estimate of drug-likeness (QED) is 0.642. The van der Waals surface area contributed by atoms with Crippen LogP contribution >= 0.6 is 0 Å². The maximum Gasteiger partial charge on any atom is 0.340 e. The van der Waals surface area contributed by atoms with Gasteiger partial charge in [-0.05, 0) is 0 Å². The molecule has 0 saturated carbocycles. The van der Waals surface area contributed by atoms with Crippen LogP contribution in [0.5, 0.6) is 11.5 Å². The fourth-order valence-electron chi connectivity index (χ4n) is 2.14. The first-order valence-electron chi connectivity index (χ1n) is 6.22. The van der Waals surface area contributed by atoms with E-state index >= 15 is 0 Å². The second-order valence-corrected chi connectivity index (χ2v) is 4.51. The fraction of sp³-hybridized carbons (Fsp3) is 0.462. The molecule has 1 aromatic carbocycles. The van der Waals surface area contributed by atoms with E-state index in [0.29, 0.717) is 36.0 Å². The van der Waals surface area contributed by atoms with Gasteiger partial charge in [0.15, 0.2) is 11.5 Å². The molecule has 3 rings (SSSR count). The van der Waals surface area contributed by atoms with Crippen LogP contribution in [0.2, 0.25) is 0 Å². The van der Waals surface area contributed by atoms with Gasteiger partial charge in [-0.3, -0.25) is 0 Å². The number of carbonyl (C=O) groups excluding carboxylic acids is 1. The number of hydrogen-bond donors (Lipinski definition) is 1. The maximum atomic E-state index is 12.1. The molecule has 0 atom stereocenters. The molecule has 19 heavy (non-hydrogen) atoms. The van der Waals surface area contributed by atoms with Crippen molar-refractivity contribution in [3.8, 4) is 11.5 Å². The van der Waals surface area contributed by atoms with Crippen LogP contribution in [-0.2, 0) is 9.47 Å². The van der Waals surface area contributed by atoms with Crippen molar-refractivity contribution in [2.45, 2.75) is 18.9 Å². The Hall–Kier alpha value is -1.95. The van der Waals surface area contributed by atoms with Crippen molar-refractivity contribution >= 4 is 11.7 Å². The van der Waals surface area contributed by atoms with Crippen LogP contribution in [-0.4, -0.2) is 32.1 Å². The summed E-state index contributed by atoms with van der Waals surface area (Å²) in [5.41, 5.74) is 6.49. The average molecular weight is 265 g/mol. The van der Waals surface area contributed by atoms with Gasteiger partial charge in [-0.2, -0.15) is 0 Å². The molecule has 0 aromatic heterocycles. The highest BCUT2D eigenvalue weighted by Gasteiger charge is 2.24. The summed E-state index contributed by atoms with van der Waals surface area (Å²) in [5, 5.41) is 0. The fourth-order valence-corrected chi connectivity index (χ4v) is 2.14. The first-order chi connectivity index (χ1) is 9.24. The maximum absolute atomic E-state index is 12.1. The third-order valence-corrected chi connectivity index (χ3v) is 3.21. The van der Waals surface area contributed by atoms with Crippen LogP contribution in [0, 0.1) is 0 Å². The lowest BCUT2D eigenvalue weighted by molar-refractivity contribution is -0.0158. The summed E-state index contributed by atoms with van der Waals surface area (Å²) in [4.78, 5) is 12.1. The number of rotatable bonds is 2. The van der Waals surface area contributed by atoms with E-state index < -0.39 is 5.97 Å². The molecule has 2 heterocycles. The normalized spacial score (nSPS) is 18.3. The van der Waals surface area contributed by atoms with Crippen molar-refractivity contribution in [3.05, 3.63) is 17.7 Å². The zero-order chi connectivity index (χ0) is 13.2. The van der Waals surface area contributed by atoms with Crippen molar-refractivity contribution < 1.29 is 23.7 Å². The van der Waals surface area contributed by atoms with Crippen LogP contribution < -0.4 is 15.2 Å². The third-order valence-electron chi connectivity index (χ3n) is 3.21. The summed E-state index contributed by atoms with van der Waals surface area (Å²) < 4.78 is 21.1. The Labute approximate surface area is 110 Å². The van der Waals surface area contributed by atoms with Gasteiger partial charge >= 0.3 is 5.97 Å².